The summed E-state index contributed by atoms with van der Waals surface area (Å²) < 4.78 is 4.59. The van der Waals surface area contributed by atoms with Crippen molar-refractivity contribution in [2.75, 3.05) is 0 Å². The van der Waals surface area contributed by atoms with Gasteiger partial charge in [0.2, 0.25) is 0 Å². The van der Waals surface area contributed by atoms with Gasteiger partial charge in [-0.05, 0) is 0 Å². The Bertz CT molecular complexity index is 703. The van der Waals surface area contributed by atoms with Crippen molar-refractivity contribution in [3.05, 3.63) is 91.0 Å². The SMILES string of the molecule is N#CSC#N.c1cc[c]([Sn]([c]2ccccc2)[c]2ccccc2)cc1. The van der Waals surface area contributed by atoms with E-state index in [1.165, 1.54) is 10.7 Å². The van der Waals surface area contributed by atoms with Crippen molar-refractivity contribution in [3.8, 4) is 10.8 Å². The molecule has 24 heavy (non-hydrogen) atoms. The molecule has 0 aromatic heterocycles. The molecule has 0 saturated carbocycles. The van der Waals surface area contributed by atoms with E-state index in [9.17, 15) is 0 Å². The van der Waals surface area contributed by atoms with Crippen molar-refractivity contribution >= 4 is 42.3 Å². The summed E-state index contributed by atoms with van der Waals surface area (Å²) in [6, 6.07) is 32.9. The Labute approximate surface area is 154 Å². The molecule has 0 saturated heterocycles. The van der Waals surface area contributed by atoms with Gasteiger partial charge in [0.1, 0.15) is 10.8 Å². The standard InChI is InChI=1S/3C6H5.C2N2S.Sn/c3*1-2-4-6-5-3-1;3-1-5-2-4;/h3*1-5H;;. The van der Waals surface area contributed by atoms with Crippen LogP contribution in [-0.2, 0) is 0 Å². The Hall–Kier alpha value is -2.21. The van der Waals surface area contributed by atoms with Gasteiger partial charge in [-0.25, -0.2) is 0 Å². The summed E-state index contributed by atoms with van der Waals surface area (Å²) in [4.78, 5) is 0. The van der Waals surface area contributed by atoms with E-state index in [0.29, 0.717) is 11.8 Å². The molecule has 2 nitrogen and oxygen atoms in total. The summed E-state index contributed by atoms with van der Waals surface area (Å²) in [5.41, 5.74) is 0. The van der Waals surface area contributed by atoms with E-state index in [2.05, 4.69) is 91.0 Å². The van der Waals surface area contributed by atoms with Crippen molar-refractivity contribution in [2.24, 2.45) is 0 Å². The molecule has 3 rings (SSSR count). The fraction of sp³-hybridized carbons (Fsp3) is 0. The van der Waals surface area contributed by atoms with Crippen LogP contribution in [0.25, 0.3) is 0 Å². The number of hydrogen-bond donors (Lipinski definition) is 0. The predicted octanol–water partition coefficient (Wildman–Crippen LogP) is 2.88. The van der Waals surface area contributed by atoms with Crippen LogP contribution < -0.4 is 10.7 Å². The Kier molecular flexibility index (Phi) is 7.96. The molecule has 0 aliphatic carbocycles. The van der Waals surface area contributed by atoms with E-state index in [1.54, 1.807) is 10.8 Å². The Morgan fingerprint density at radius 3 is 1.04 bits per heavy atom. The molecule has 0 spiro atoms. The molecule has 0 aliphatic rings. The van der Waals surface area contributed by atoms with Gasteiger partial charge < -0.3 is 0 Å². The van der Waals surface area contributed by atoms with E-state index in [1.807, 2.05) is 0 Å². The van der Waals surface area contributed by atoms with Crippen LogP contribution in [0.3, 0.4) is 0 Å². The van der Waals surface area contributed by atoms with Crippen molar-refractivity contribution < 1.29 is 0 Å². The normalized spacial score (nSPS) is 9.29. The number of rotatable bonds is 3. The maximum atomic E-state index is 7.56. The van der Waals surface area contributed by atoms with Crippen LogP contribution in [0.15, 0.2) is 91.0 Å². The number of thioether (sulfide) groups is 1. The predicted molar refractivity (Wildman–Crippen MR) is 103 cm³/mol. The molecule has 0 amide bonds. The molecule has 0 fully saturated rings. The second kappa shape index (κ2) is 10.5. The first-order chi connectivity index (χ1) is 11.9. The summed E-state index contributed by atoms with van der Waals surface area (Å²) in [5, 5.41) is 18.3. The number of nitrogens with zero attached hydrogens (tertiary/aromatic N) is 2. The quantitative estimate of drug-likeness (QED) is 0.471. The van der Waals surface area contributed by atoms with Crippen molar-refractivity contribution in [1.82, 2.24) is 0 Å². The fourth-order valence-corrected chi connectivity index (χ4v) is 9.73. The van der Waals surface area contributed by atoms with Gasteiger partial charge in [0.25, 0.3) is 0 Å². The number of thiocyanates is 2. The van der Waals surface area contributed by atoms with E-state index < -0.39 is 19.8 Å². The molecule has 0 heterocycles. The summed E-state index contributed by atoms with van der Waals surface area (Å²) in [6.45, 7) is 0. The van der Waals surface area contributed by atoms with Crippen molar-refractivity contribution in [2.45, 2.75) is 0 Å². The molecule has 3 aromatic carbocycles. The molecule has 115 valence electrons. The van der Waals surface area contributed by atoms with Gasteiger partial charge in [0, 0.05) is 0 Å². The van der Waals surface area contributed by atoms with Crippen molar-refractivity contribution in [1.29, 1.82) is 10.5 Å². The summed E-state index contributed by atoms with van der Waals surface area (Å²) in [7, 11) is 0. The molecule has 0 atom stereocenters. The zero-order valence-electron chi connectivity index (χ0n) is 13.0. The molecule has 4 heteroatoms. The van der Waals surface area contributed by atoms with Crippen LogP contribution in [0, 0.1) is 21.3 Å². The zero-order chi connectivity index (χ0) is 17.0. The second-order valence-electron chi connectivity index (χ2n) is 4.76. The number of benzene rings is 3. The molecule has 0 aliphatic heterocycles. The second-order valence-corrected chi connectivity index (χ2v) is 12.4. The topological polar surface area (TPSA) is 47.6 Å². The molecule has 0 bridgehead atoms. The molecular weight excluding hydrogens is 419 g/mol. The molecular formula is C20H15N2SSn. The fourth-order valence-electron chi connectivity index (χ4n) is 2.33. The first-order valence-corrected chi connectivity index (χ1v) is 12.4. The summed E-state index contributed by atoms with van der Waals surface area (Å²) in [5.74, 6) is 0. The van der Waals surface area contributed by atoms with Crippen molar-refractivity contribution in [3.63, 3.8) is 0 Å². The first kappa shape index (κ1) is 18.1. The molecule has 1 radical (unpaired) electrons. The van der Waals surface area contributed by atoms with Crippen LogP contribution in [-0.4, -0.2) is 19.8 Å². The van der Waals surface area contributed by atoms with E-state index in [4.69, 9.17) is 10.5 Å². The summed E-state index contributed by atoms with van der Waals surface area (Å²) in [6.07, 6.45) is 0. The zero-order valence-corrected chi connectivity index (χ0v) is 16.6. The van der Waals surface area contributed by atoms with Gasteiger partial charge in [0.05, 0.1) is 11.8 Å². The molecule has 3 aromatic rings. The van der Waals surface area contributed by atoms with Crippen LogP contribution in [0.4, 0.5) is 0 Å². The van der Waals surface area contributed by atoms with Gasteiger partial charge in [0.15, 0.2) is 0 Å². The Morgan fingerprint density at radius 1 is 0.542 bits per heavy atom. The average Bonchev–Trinajstić information content (AvgIpc) is 2.66. The Morgan fingerprint density at radius 2 is 0.833 bits per heavy atom. The minimum atomic E-state index is -1.98. The van der Waals surface area contributed by atoms with Crippen LogP contribution in [0.5, 0.6) is 0 Å². The van der Waals surface area contributed by atoms with Gasteiger partial charge in [-0.15, -0.1) is 0 Å². The third kappa shape index (κ3) is 5.45. The first-order valence-electron chi connectivity index (χ1n) is 7.34. The molecule has 0 N–H and O–H groups in total. The number of nitriles is 2. The van der Waals surface area contributed by atoms with Gasteiger partial charge in [-0.2, -0.15) is 10.5 Å². The number of hydrogen-bond acceptors (Lipinski definition) is 3. The van der Waals surface area contributed by atoms with Gasteiger partial charge in [-0.3, -0.25) is 0 Å². The minimum absolute atomic E-state index is 0.574. The van der Waals surface area contributed by atoms with E-state index in [-0.39, 0.29) is 0 Å². The Balaban J connectivity index is 0.000000368. The maximum absolute atomic E-state index is 7.56. The monoisotopic (exact) mass is 435 g/mol. The van der Waals surface area contributed by atoms with Crippen LogP contribution >= 0.6 is 11.8 Å². The van der Waals surface area contributed by atoms with E-state index in [0.717, 1.165) is 0 Å². The van der Waals surface area contributed by atoms with E-state index >= 15 is 0 Å². The summed E-state index contributed by atoms with van der Waals surface area (Å²) >= 11 is -1.41. The average molecular weight is 434 g/mol. The third-order valence-corrected chi connectivity index (χ3v) is 11.3. The van der Waals surface area contributed by atoms with Gasteiger partial charge >= 0.3 is 121 Å². The molecule has 0 unspecified atom stereocenters. The van der Waals surface area contributed by atoms with Crippen LogP contribution in [0.1, 0.15) is 0 Å². The third-order valence-electron chi connectivity index (χ3n) is 3.28. The van der Waals surface area contributed by atoms with Gasteiger partial charge in [-0.1, -0.05) is 0 Å². The van der Waals surface area contributed by atoms with Crippen LogP contribution in [0.2, 0.25) is 0 Å².